The van der Waals surface area contributed by atoms with Gasteiger partial charge < -0.3 is 18.9 Å². The van der Waals surface area contributed by atoms with E-state index in [0.29, 0.717) is 23.9 Å². The van der Waals surface area contributed by atoms with Crippen molar-refractivity contribution in [3.8, 4) is 0 Å². The molecular formula is C60H117NO8P+. The largest absolute Gasteiger partial charge is 0.472 e. The minimum Gasteiger partial charge on any atom is -0.462 e. The van der Waals surface area contributed by atoms with Crippen LogP contribution in [0, 0.1) is 0 Å². The van der Waals surface area contributed by atoms with Gasteiger partial charge in [0.25, 0.3) is 0 Å². The number of ether oxygens (including phenoxy) is 2. The van der Waals surface area contributed by atoms with Crippen molar-refractivity contribution in [1.29, 1.82) is 0 Å². The van der Waals surface area contributed by atoms with Crippen molar-refractivity contribution in [3.63, 3.8) is 0 Å². The van der Waals surface area contributed by atoms with Gasteiger partial charge in [0.15, 0.2) is 6.10 Å². The molecule has 0 bridgehead atoms. The molecule has 0 rings (SSSR count). The molecule has 2 unspecified atom stereocenters. The molecule has 1 N–H and O–H groups in total. The van der Waals surface area contributed by atoms with Crippen molar-refractivity contribution in [1.82, 2.24) is 0 Å². The molecule has 0 radical (unpaired) electrons. The second kappa shape index (κ2) is 52.4. The first-order valence-electron chi connectivity index (χ1n) is 30.1. The van der Waals surface area contributed by atoms with Crippen LogP contribution in [0.1, 0.15) is 296 Å². The summed E-state index contributed by atoms with van der Waals surface area (Å²) in [7, 11) is 1.49. The van der Waals surface area contributed by atoms with Crippen LogP contribution in [-0.2, 0) is 32.7 Å². The predicted octanol–water partition coefficient (Wildman–Crippen LogP) is 18.6. The Balaban J connectivity index is 4.12. The number of phosphoric acid groups is 1. The summed E-state index contributed by atoms with van der Waals surface area (Å²) in [5.41, 5.74) is 0. The zero-order chi connectivity index (χ0) is 51.3. The van der Waals surface area contributed by atoms with Gasteiger partial charge in [-0.25, -0.2) is 4.57 Å². The molecule has 9 nitrogen and oxygen atoms in total. The summed E-state index contributed by atoms with van der Waals surface area (Å²) in [6.07, 6.45) is 62.5. The van der Waals surface area contributed by atoms with Crippen LogP contribution >= 0.6 is 7.82 Å². The maximum Gasteiger partial charge on any atom is 0.472 e. The molecule has 0 amide bonds. The van der Waals surface area contributed by atoms with E-state index in [4.69, 9.17) is 18.5 Å². The number of hydrogen-bond acceptors (Lipinski definition) is 7. The third kappa shape index (κ3) is 55.8. The molecule has 0 saturated carbocycles. The number of carbonyl (C=O) groups excluding carboxylic acids is 2. The number of likely N-dealkylation sites (N-methyl/N-ethyl adjacent to an activating group) is 1. The highest BCUT2D eigenvalue weighted by Gasteiger charge is 2.27. The first-order chi connectivity index (χ1) is 34.0. The van der Waals surface area contributed by atoms with E-state index in [1.807, 2.05) is 21.1 Å². The molecule has 70 heavy (non-hydrogen) atoms. The summed E-state index contributed by atoms with van der Waals surface area (Å²) in [6.45, 7) is 4.48. The lowest BCUT2D eigenvalue weighted by Crippen LogP contribution is -2.37. The Labute approximate surface area is 434 Å². The van der Waals surface area contributed by atoms with Gasteiger partial charge >= 0.3 is 19.8 Å². The highest BCUT2D eigenvalue weighted by molar-refractivity contribution is 7.47. The number of nitrogens with zero attached hydrogens (tertiary/aromatic N) is 1. The highest BCUT2D eigenvalue weighted by Crippen LogP contribution is 2.43. The third-order valence-corrected chi connectivity index (χ3v) is 14.5. The summed E-state index contributed by atoms with van der Waals surface area (Å²) < 4.78 is 34.6. The van der Waals surface area contributed by atoms with Crippen molar-refractivity contribution >= 4 is 19.8 Å². The highest BCUT2D eigenvalue weighted by atomic mass is 31.2. The van der Waals surface area contributed by atoms with Gasteiger partial charge in [-0.15, -0.1) is 0 Å². The van der Waals surface area contributed by atoms with Crippen LogP contribution in [0.3, 0.4) is 0 Å². The van der Waals surface area contributed by atoms with Crippen molar-refractivity contribution in [2.45, 2.75) is 302 Å². The fourth-order valence-corrected chi connectivity index (χ4v) is 9.56. The average Bonchev–Trinajstić information content (AvgIpc) is 3.32. The monoisotopic (exact) mass is 1010 g/mol. The number of rotatable bonds is 56. The second-order valence-electron chi connectivity index (χ2n) is 21.7. The van der Waals surface area contributed by atoms with Gasteiger partial charge in [-0.05, 0) is 44.9 Å². The van der Waals surface area contributed by atoms with Crippen LogP contribution in [0.15, 0.2) is 24.3 Å². The smallest absolute Gasteiger partial charge is 0.462 e. The summed E-state index contributed by atoms with van der Waals surface area (Å²) in [6, 6.07) is 0. The lowest BCUT2D eigenvalue weighted by molar-refractivity contribution is -0.870. The van der Waals surface area contributed by atoms with E-state index < -0.39 is 26.5 Å². The van der Waals surface area contributed by atoms with E-state index >= 15 is 0 Å². The van der Waals surface area contributed by atoms with Crippen LogP contribution in [0.2, 0.25) is 0 Å². The minimum atomic E-state index is -4.38. The van der Waals surface area contributed by atoms with Gasteiger partial charge in [-0.1, -0.05) is 263 Å². The Kier molecular flexibility index (Phi) is 51.2. The molecular weight excluding hydrogens is 894 g/mol. The molecule has 0 aromatic rings. The van der Waals surface area contributed by atoms with Gasteiger partial charge in [0.2, 0.25) is 0 Å². The van der Waals surface area contributed by atoms with E-state index in [-0.39, 0.29) is 25.6 Å². The number of esters is 2. The third-order valence-electron chi connectivity index (χ3n) is 13.5. The summed E-state index contributed by atoms with van der Waals surface area (Å²) in [5, 5.41) is 0. The van der Waals surface area contributed by atoms with E-state index in [1.165, 1.54) is 225 Å². The Morgan fingerprint density at radius 2 is 0.771 bits per heavy atom. The molecule has 10 heteroatoms. The standard InChI is InChI=1S/C60H116NO8P/c1-6-8-10-12-14-16-18-20-22-24-26-28-30-32-34-36-38-40-42-44-46-48-50-52-59(62)66-56-58(57-68-70(64,65)67-55-54-61(3,4)5)69-60(63)53-51-49-47-45-43-41-39-37-35-33-31-29-27-25-23-21-19-17-15-13-11-9-7-2/h19,21,25,27,58H,6-18,20,22-24,26,28-57H2,1-5H3/p+1/b21-19-,27-25-. The number of quaternary nitrogens is 1. The first kappa shape index (κ1) is 68.5. The number of phosphoric ester groups is 1. The van der Waals surface area contributed by atoms with E-state index in [1.54, 1.807) is 0 Å². The quantitative estimate of drug-likeness (QED) is 0.0211. The van der Waals surface area contributed by atoms with Crippen molar-refractivity contribution in [2.24, 2.45) is 0 Å². The number of unbranched alkanes of at least 4 members (excludes halogenated alkanes) is 38. The average molecular weight is 1010 g/mol. The lowest BCUT2D eigenvalue weighted by atomic mass is 10.0. The topological polar surface area (TPSA) is 108 Å². The summed E-state index contributed by atoms with van der Waals surface area (Å²) in [4.78, 5) is 35.7. The van der Waals surface area contributed by atoms with Crippen LogP contribution in [0.25, 0.3) is 0 Å². The predicted molar refractivity (Wildman–Crippen MR) is 298 cm³/mol. The summed E-state index contributed by atoms with van der Waals surface area (Å²) in [5.74, 6) is -0.782. The molecule has 2 atom stereocenters. The maximum atomic E-state index is 12.8. The Morgan fingerprint density at radius 3 is 1.13 bits per heavy atom. The molecule has 0 aliphatic heterocycles. The van der Waals surface area contributed by atoms with Crippen molar-refractivity contribution in [3.05, 3.63) is 24.3 Å². The normalized spacial score (nSPS) is 13.4. The van der Waals surface area contributed by atoms with Gasteiger partial charge in [0.05, 0.1) is 27.7 Å². The van der Waals surface area contributed by atoms with Gasteiger partial charge in [0.1, 0.15) is 19.8 Å². The van der Waals surface area contributed by atoms with Crippen LogP contribution in [-0.4, -0.2) is 74.9 Å². The van der Waals surface area contributed by atoms with Gasteiger partial charge in [0, 0.05) is 12.8 Å². The van der Waals surface area contributed by atoms with E-state index in [0.717, 1.165) is 38.5 Å². The fraction of sp³-hybridized carbons (Fsp3) is 0.900. The molecule has 0 aliphatic rings. The molecule has 0 fully saturated rings. The zero-order valence-corrected chi connectivity index (χ0v) is 47.9. The van der Waals surface area contributed by atoms with Crippen molar-refractivity contribution in [2.75, 3.05) is 47.5 Å². The molecule has 0 aromatic heterocycles. The first-order valence-corrected chi connectivity index (χ1v) is 31.6. The van der Waals surface area contributed by atoms with Crippen LogP contribution in [0.4, 0.5) is 0 Å². The molecule has 0 spiro atoms. The van der Waals surface area contributed by atoms with E-state index in [2.05, 4.69) is 38.2 Å². The van der Waals surface area contributed by atoms with Gasteiger partial charge in [-0.3, -0.25) is 18.6 Å². The van der Waals surface area contributed by atoms with Crippen molar-refractivity contribution < 1.29 is 42.1 Å². The van der Waals surface area contributed by atoms with E-state index in [9.17, 15) is 19.0 Å². The second-order valence-corrected chi connectivity index (χ2v) is 23.2. The zero-order valence-electron chi connectivity index (χ0n) is 47.0. The molecule has 0 heterocycles. The Morgan fingerprint density at radius 1 is 0.443 bits per heavy atom. The summed E-state index contributed by atoms with van der Waals surface area (Å²) >= 11 is 0. The van der Waals surface area contributed by atoms with Gasteiger partial charge in [-0.2, -0.15) is 0 Å². The molecule has 0 aliphatic carbocycles. The molecule has 0 aromatic carbocycles. The number of allylic oxidation sites excluding steroid dienone is 4. The maximum absolute atomic E-state index is 12.8. The Bertz CT molecular complexity index is 1240. The molecule has 414 valence electrons. The molecule has 0 saturated heterocycles. The van der Waals surface area contributed by atoms with Crippen LogP contribution < -0.4 is 0 Å². The Hall–Kier alpha value is -1.51. The minimum absolute atomic E-state index is 0.0340. The SMILES string of the molecule is CCCCCCC/C=C\C/C=C\CCCCCCCCCCCCCC(=O)OC(COC(=O)CCCCCCCCCCCCCCCCCCCCCCCCC)COP(=O)(O)OCC[N+](C)(C)C. The number of carbonyl (C=O) groups is 2. The number of hydrogen-bond donors (Lipinski definition) is 1. The van der Waals surface area contributed by atoms with Crippen LogP contribution in [0.5, 0.6) is 0 Å². The fourth-order valence-electron chi connectivity index (χ4n) is 8.81. The lowest BCUT2D eigenvalue weighted by Gasteiger charge is -2.24.